The maximum absolute atomic E-state index is 14.4. The van der Waals surface area contributed by atoms with E-state index >= 15 is 0 Å². The molecule has 0 saturated carbocycles. The van der Waals surface area contributed by atoms with Crippen molar-refractivity contribution in [2.45, 2.75) is 38.9 Å². The maximum atomic E-state index is 14.4. The molecule has 98 heavy (non-hydrogen) atoms. The van der Waals surface area contributed by atoms with E-state index in [2.05, 4.69) is 273 Å². The Labute approximate surface area is 580 Å². The van der Waals surface area contributed by atoms with Crippen LogP contribution in [0.25, 0.3) is 149 Å². The van der Waals surface area contributed by atoms with E-state index in [4.69, 9.17) is 18.1 Å². The van der Waals surface area contributed by atoms with Crippen LogP contribution in [-0.2, 0) is 9.31 Å². The zero-order valence-corrected chi connectivity index (χ0v) is 57.0. The maximum Gasteiger partial charge on any atom is 0.494 e. The van der Waals surface area contributed by atoms with E-state index in [0.717, 1.165) is 75.7 Å². The van der Waals surface area contributed by atoms with Crippen molar-refractivity contribution in [1.82, 2.24) is 13.7 Å². The Morgan fingerprint density at radius 3 is 1.26 bits per heavy atom. The first-order valence-electron chi connectivity index (χ1n) is 32.7. The summed E-state index contributed by atoms with van der Waals surface area (Å²) in [5, 5.41) is 9.46. The summed E-state index contributed by atoms with van der Waals surface area (Å²) in [6.45, 7) is 8.36. The van der Waals surface area contributed by atoms with Crippen LogP contribution in [0.5, 0.6) is 0 Å². The number of hydrogen-bond acceptors (Lipinski definition) is 6. The fourth-order valence-corrected chi connectivity index (χ4v) is 15.0. The minimum Gasteiger partial charge on any atom is -0.456 e. The third-order valence-electron chi connectivity index (χ3n) is 19.6. The van der Waals surface area contributed by atoms with Crippen LogP contribution in [0.1, 0.15) is 27.7 Å². The fourth-order valence-electron chi connectivity index (χ4n) is 14.1. The first-order valence-corrected chi connectivity index (χ1v) is 34.3. The van der Waals surface area contributed by atoms with E-state index in [1.54, 1.807) is 18.2 Å². The van der Waals surface area contributed by atoms with E-state index in [1.165, 1.54) is 43.5 Å². The van der Waals surface area contributed by atoms with Gasteiger partial charge in [-0.3, -0.25) is 9.59 Å². The van der Waals surface area contributed by atoms with Crippen molar-refractivity contribution in [2.24, 2.45) is 0 Å². The smallest absolute Gasteiger partial charge is 0.456 e. The molecule has 0 bridgehead atoms. The van der Waals surface area contributed by atoms with Crippen LogP contribution in [0.2, 0.25) is 0 Å². The summed E-state index contributed by atoms with van der Waals surface area (Å²) in [5.41, 5.74) is 16.9. The van der Waals surface area contributed by atoms with Crippen molar-refractivity contribution in [3.05, 3.63) is 321 Å². The number of hydrogen-bond donors (Lipinski definition) is 0. The number of rotatable bonds is 6. The number of fused-ring (bicyclic) bond motifs is 13. The molecule has 1 saturated heterocycles. The van der Waals surface area contributed by atoms with E-state index in [0.29, 0.717) is 43.9 Å². The van der Waals surface area contributed by atoms with Crippen LogP contribution < -0.4 is 16.3 Å². The molecule has 0 amide bonds. The quantitative estimate of drug-likeness (QED) is 0.122. The Balaban J connectivity index is 0.000000132. The first-order chi connectivity index (χ1) is 47.7. The third-order valence-corrected chi connectivity index (χ3v) is 20.7. The second-order valence-electron chi connectivity index (χ2n) is 25.9. The van der Waals surface area contributed by atoms with Gasteiger partial charge in [0.05, 0.1) is 65.8 Å². The molecule has 0 atom stereocenters. The van der Waals surface area contributed by atoms with E-state index < -0.39 is 0 Å². The normalized spacial score (nSPS) is 13.6. The summed E-state index contributed by atoms with van der Waals surface area (Å²) in [5.74, 6) is 0. The number of halogens is 2. The van der Waals surface area contributed by atoms with Gasteiger partial charge in [0.1, 0.15) is 22.3 Å². The van der Waals surface area contributed by atoms with Crippen molar-refractivity contribution in [2.75, 3.05) is 0 Å². The highest BCUT2D eigenvalue weighted by Gasteiger charge is 2.51. The molecule has 0 spiro atoms. The number of benzene rings is 13. The Hall–Kier alpha value is -10.9. The molecule has 1 fully saturated rings. The van der Waals surface area contributed by atoms with E-state index in [1.807, 2.05) is 72.8 Å². The standard InChI is InChI=1S/C49H30N2O2.C24H24BNO2.C13H6Br2O2/c52-49-39-25-22-32(31-23-26-44-40(28-31)37-16-7-9-19-42(37)50(44)34-12-3-1-4-13-34)30-47(39)53-46-21-11-18-36(48(46)49)33-24-27-45-41(29-33)38-17-8-10-20-43(38)51(45)35-14-5-2-6-15-35;1-23(2)24(3,4)28-25(27-23)17-14-15-22-20(16-17)19-12-8-9-13-21(19)26(22)18-10-6-5-7-11-18;14-7-4-5-8-11(6-7)17-10-3-1-2-9(15)12(10)13(8)16/h1-30H;5-16H,1-4H3;1-6H. The Morgan fingerprint density at radius 2 is 0.714 bits per heavy atom. The highest BCUT2D eigenvalue weighted by molar-refractivity contribution is 9.11. The molecule has 19 rings (SSSR count). The van der Waals surface area contributed by atoms with Crippen molar-refractivity contribution in [3.63, 3.8) is 0 Å². The molecule has 0 unspecified atom stereocenters. The number of aromatic nitrogens is 3. The van der Waals surface area contributed by atoms with Gasteiger partial charge in [-0.05, 0) is 205 Å². The lowest BCUT2D eigenvalue weighted by Crippen LogP contribution is -2.41. The summed E-state index contributed by atoms with van der Waals surface area (Å²) < 4.78 is 33.4. The monoisotopic (exact) mass is 1400 g/mol. The SMILES string of the molecule is CC1(C)OB(c2ccc3c(c2)c2ccccc2n3-c2ccccc2)OC1(C)C.O=c1c2ccc(-c3ccc4c(c3)c3ccccc3n4-c3ccccc3)cc2oc2cccc(-c3ccc4c(c3)c3ccccc3n4-c3ccccc3)c12.O=c1c2ccc(Br)cc2oc2cccc(Br)c12. The van der Waals surface area contributed by atoms with Crippen molar-refractivity contribution < 1.29 is 18.1 Å². The predicted molar refractivity (Wildman–Crippen MR) is 411 cm³/mol. The van der Waals surface area contributed by atoms with Crippen LogP contribution in [0, 0.1) is 0 Å². The van der Waals surface area contributed by atoms with E-state index in [9.17, 15) is 9.59 Å². The van der Waals surface area contributed by atoms with Gasteiger partial charge in [-0.15, -0.1) is 0 Å². The van der Waals surface area contributed by atoms with Crippen molar-refractivity contribution in [3.8, 4) is 39.3 Å². The zero-order valence-electron chi connectivity index (χ0n) is 53.8. The second-order valence-corrected chi connectivity index (χ2v) is 27.7. The highest BCUT2D eigenvalue weighted by atomic mass is 79.9. The summed E-state index contributed by atoms with van der Waals surface area (Å²) in [6.07, 6.45) is 0. The Morgan fingerprint density at radius 1 is 0.316 bits per heavy atom. The fraction of sp³-hybridized carbons (Fsp3) is 0.0698. The molecule has 18 aromatic rings. The molecule has 1 aliphatic heterocycles. The van der Waals surface area contributed by atoms with Gasteiger partial charge < -0.3 is 31.8 Å². The van der Waals surface area contributed by atoms with Crippen LogP contribution in [0.15, 0.2) is 319 Å². The van der Waals surface area contributed by atoms with Gasteiger partial charge in [0.25, 0.3) is 0 Å². The molecule has 0 radical (unpaired) electrons. The molecular formula is C86H60BBr2N3O6. The largest absolute Gasteiger partial charge is 0.494 e. The highest BCUT2D eigenvalue weighted by Crippen LogP contribution is 2.41. The lowest BCUT2D eigenvalue weighted by atomic mass is 9.78. The van der Waals surface area contributed by atoms with Crippen molar-refractivity contribution in [1.29, 1.82) is 0 Å². The molecule has 13 aromatic carbocycles. The molecule has 1 aliphatic rings. The average molecular weight is 1400 g/mol. The van der Waals surface area contributed by atoms with Gasteiger partial charge in [-0.2, -0.15) is 0 Å². The lowest BCUT2D eigenvalue weighted by Gasteiger charge is -2.32. The minimum atomic E-state index is -0.353. The summed E-state index contributed by atoms with van der Waals surface area (Å²) in [6, 6.07) is 99.4. The van der Waals surface area contributed by atoms with E-state index in [-0.39, 0.29) is 29.2 Å². The molecule has 9 nitrogen and oxygen atoms in total. The van der Waals surface area contributed by atoms with Gasteiger partial charge in [-0.25, -0.2) is 0 Å². The van der Waals surface area contributed by atoms with Gasteiger partial charge in [0, 0.05) is 58.3 Å². The average Bonchev–Trinajstić information content (AvgIpc) is 1.41. The van der Waals surface area contributed by atoms with Crippen LogP contribution in [0.4, 0.5) is 0 Å². The van der Waals surface area contributed by atoms with Gasteiger partial charge in [-0.1, -0.05) is 174 Å². The molecule has 5 aromatic heterocycles. The zero-order chi connectivity index (χ0) is 66.6. The van der Waals surface area contributed by atoms with Gasteiger partial charge in [0.2, 0.25) is 10.9 Å². The Bertz CT molecular complexity index is 6340. The summed E-state index contributed by atoms with van der Waals surface area (Å²) >= 11 is 6.74. The first kappa shape index (κ1) is 60.8. The molecule has 0 aliphatic carbocycles. The van der Waals surface area contributed by atoms with Crippen LogP contribution >= 0.6 is 31.9 Å². The lowest BCUT2D eigenvalue weighted by molar-refractivity contribution is 0.00578. The number of nitrogens with zero attached hydrogens (tertiary/aromatic N) is 3. The topological polar surface area (TPSA) is 93.7 Å². The third kappa shape index (κ3) is 10.3. The predicted octanol–water partition coefficient (Wildman–Crippen LogP) is 22.0. The summed E-state index contributed by atoms with van der Waals surface area (Å²) in [7, 11) is -0.353. The number of para-hydroxylation sites is 6. The second kappa shape index (κ2) is 24.0. The Kier molecular flexibility index (Phi) is 14.9. The van der Waals surface area contributed by atoms with Crippen LogP contribution in [-0.4, -0.2) is 32.0 Å². The minimum absolute atomic E-state index is 0.0128. The molecule has 6 heterocycles. The molecular weight excluding hydrogens is 1340 g/mol. The van der Waals surface area contributed by atoms with Gasteiger partial charge in [0.15, 0.2) is 0 Å². The molecule has 0 N–H and O–H groups in total. The molecule has 472 valence electrons. The van der Waals surface area contributed by atoms with Gasteiger partial charge >= 0.3 is 7.12 Å². The van der Waals surface area contributed by atoms with Crippen molar-refractivity contribution >= 4 is 154 Å². The summed E-state index contributed by atoms with van der Waals surface area (Å²) in [4.78, 5) is 26.7. The molecule has 12 heteroatoms. The van der Waals surface area contributed by atoms with Crippen LogP contribution in [0.3, 0.4) is 0 Å².